The van der Waals surface area contributed by atoms with E-state index in [1.54, 1.807) is 18.2 Å². The molecule has 0 fully saturated rings. The van der Waals surface area contributed by atoms with Gasteiger partial charge in [0.25, 0.3) is 0 Å². The van der Waals surface area contributed by atoms with Gasteiger partial charge in [0, 0.05) is 0 Å². The van der Waals surface area contributed by atoms with Gasteiger partial charge in [-0.2, -0.15) is 5.26 Å². The summed E-state index contributed by atoms with van der Waals surface area (Å²) in [5.74, 6) is 0.213. The van der Waals surface area contributed by atoms with E-state index in [2.05, 4.69) is 5.10 Å². The van der Waals surface area contributed by atoms with Gasteiger partial charge in [-0.25, -0.2) is 4.68 Å². The molecule has 0 saturated carbocycles. The van der Waals surface area contributed by atoms with Crippen LogP contribution in [0.25, 0.3) is 5.69 Å². The zero-order valence-electron chi connectivity index (χ0n) is 7.98. The summed E-state index contributed by atoms with van der Waals surface area (Å²) in [5, 5.41) is 13.7. The summed E-state index contributed by atoms with van der Waals surface area (Å²) >= 11 is 11.7. The Bertz CT molecular complexity index is 563. The fraction of sp³-hybridized carbons (Fsp3) is 0. The van der Waals surface area contributed by atoms with Crippen molar-refractivity contribution in [2.45, 2.75) is 0 Å². The van der Waals surface area contributed by atoms with Gasteiger partial charge in [-0.1, -0.05) is 29.3 Å². The second kappa shape index (κ2) is 4.05. The lowest BCUT2D eigenvalue weighted by molar-refractivity contribution is 0.883. The zero-order chi connectivity index (χ0) is 11.7. The van der Waals surface area contributed by atoms with Crippen molar-refractivity contribution in [2.75, 3.05) is 5.73 Å². The second-order valence-corrected chi connectivity index (χ2v) is 3.87. The highest BCUT2D eigenvalue weighted by atomic mass is 35.5. The van der Waals surface area contributed by atoms with E-state index in [4.69, 9.17) is 34.2 Å². The van der Waals surface area contributed by atoms with E-state index in [0.29, 0.717) is 21.3 Å². The zero-order valence-corrected chi connectivity index (χ0v) is 9.50. The molecule has 1 heterocycles. The first-order valence-electron chi connectivity index (χ1n) is 4.33. The maximum atomic E-state index is 9.00. The standard InChI is InChI=1S/C10H6Cl2N4/c11-7-2-1-3-9(6(7)4-13)16-5-8(12)10(14)15-16/h1-3,5H,(H2,14,15). The number of nitrogens with two attached hydrogens (primary N) is 1. The van der Waals surface area contributed by atoms with Gasteiger partial charge in [0.1, 0.15) is 11.1 Å². The molecule has 0 amide bonds. The number of hydrogen-bond donors (Lipinski definition) is 1. The lowest BCUT2D eigenvalue weighted by atomic mass is 10.2. The molecule has 0 aliphatic heterocycles. The van der Waals surface area contributed by atoms with Crippen molar-refractivity contribution in [3.63, 3.8) is 0 Å². The molecule has 6 heteroatoms. The van der Waals surface area contributed by atoms with E-state index in [9.17, 15) is 0 Å². The van der Waals surface area contributed by atoms with E-state index >= 15 is 0 Å². The summed E-state index contributed by atoms with van der Waals surface area (Å²) in [4.78, 5) is 0. The van der Waals surface area contributed by atoms with Crippen LogP contribution in [-0.2, 0) is 0 Å². The third kappa shape index (κ3) is 1.71. The van der Waals surface area contributed by atoms with Crippen LogP contribution in [0.3, 0.4) is 0 Å². The summed E-state index contributed by atoms with van der Waals surface area (Å²) in [6, 6.07) is 7.09. The molecule has 0 aliphatic carbocycles. The number of hydrogen-bond acceptors (Lipinski definition) is 3. The highest BCUT2D eigenvalue weighted by molar-refractivity contribution is 6.33. The summed E-state index contributed by atoms with van der Waals surface area (Å²) in [6.07, 6.45) is 1.53. The number of nitrogens with zero attached hydrogens (tertiary/aromatic N) is 3. The van der Waals surface area contributed by atoms with Crippen molar-refractivity contribution in [1.29, 1.82) is 5.26 Å². The molecule has 0 unspecified atom stereocenters. The Kier molecular flexibility index (Phi) is 2.73. The minimum Gasteiger partial charge on any atom is -0.381 e. The Morgan fingerprint density at radius 1 is 1.31 bits per heavy atom. The van der Waals surface area contributed by atoms with E-state index in [0.717, 1.165) is 0 Å². The Balaban J connectivity index is 2.65. The van der Waals surface area contributed by atoms with E-state index in [1.807, 2.05) is 6.07 Å². The van der Waals surface area contributed by atoms with Crippen molar-refractivity contribution in [1.82, 2.24) is 9.78 Å². The number of nitriles is 1. The molecule has 2 aromatic rings. The Labute approximate surface area is 102 Å². The number of benzene rings is 1. The molecule has 80 valence electrons. The van der Waals surface area contributed by atoms with Crippen LogP contribution >= 0.6 is 23.2 Å². The molecule has 0 aliphatic rings. The highest BCUT2D eigenvalue weighted by Gasteiger charge is 2.11. The van der Waals surface area contributed by atoms with Crippen molar-refractivity contribution < 1.29 is 0 Å². The normalized spacial score (nSPS) is 10.1. The van der Waals surface area contributed by atoms with Crippen LogP contribution in [0.2, 0.25) is 10.0 Å². The molecule has 0 atom stereocenters. The fourth-order valence-corrected chi connectivity index (χ4v) is 1.65. The quantitative estimate of drug-likeness (QED) is 0.849. The summed E-state index contributed by atoms with van der Waals surface area (Å²) < 4.78 is 1.43. The molecule has 1 aromatic carbocycles. The van der Waals surface area contributed by atoms with E-state index < -0.39 is 0 Å². The highest BCUT2D eigenvalue weighted by Crippen LogP contribution is 2.24. The Morgan fingerprint density at radius 2 is 2.06 bits per heavy atom. The van der Waals surface area contributed by atoms with Crippen LogP contribution in [0.15, 0.2) is 24.4 Å². The predicted molar refractivity (Wildman–Crippen MR) is 62.7 cm³/mol. The summed E-state index contributed by atoms with van der Waals surface area (Å²) in [7, 11) is 0. The number of halogens is 2. The first-order valence-corrected chi connectivity index (χ1v) is 5.08. The number of aromatic nitrogens is 2. The lowest BCUT2D eigenvalue weighted by Crippen LogP contribution is -1.99. The molecule has 0 bridgehead atoms. The average molecular weight is 253 g/mol. The molecule has 16 heavy (non-hydrogen) atoms. The molecule has 2 N–H and O–H groups in total. The van der Waals surface area contributed by atoms with Crippen LogP contribution in [0.1, 0.15) is 5.56 Å². The van der Waals surface area contributed by atoms with Crippen molar-refractivity contribution in [3.8, 4) is 11.8 Å². The van der Waals surface area contributed by atoms with Gasteiger partial charge in [-0.15, -0.1) is 5.10 Å². The predicted octanol–water partition coefficient (Wildman–Crippen LogP) is 2.63. The van der Waals surface area contributed by atoms with Gasteiger partial charge in [-0.05, 0) is 12.1 Å². The molecule has 0 radical (unpaired) electrons. The number of rotatable bonds is 1. The van der Waals surface area contributed by atoms with Crippen molar-refractivity contribution in [2.24, 2.45) is 0 Å². The molecular weight excluding hydrogens is 247 g/mol. The number of anilines is 1. The lowest BCUT2D eigenvalue weighted by Gasteiger charge is -2.04. The Hall–Kier alpha value is -1.70. The van der Waals surface area contributed by atoms with E-state index in [1.165, 1.54) is 10.9 Å². The van der Waals surface area contributed by atoms with Crippen LogP contribution in [0.5, 0.6) is 0 Å². The maximum Gasteiger partial charge on any atom is 0.164 e. The summed E-state index contributed by atoms with van der Waals surface area (Å²) in [6.45, 7) is 0. The molecule has 2 rings (SSSR count). The maximum absolute atomic E-state index is 9.00. The first-order chi connectivity index (χ1) is 7.63. The molecule has 0 saturated heterocycles. The first kappa shape index (κ1) is 10.8. The largest absolute Gasteiger partial charge is 0.381 e. The SMILES string of the molecule is N#Cc1c(Cl)cccc1-n1cc(Cl)c(N)n1. The topological polar surface area (TPSA) is 67.6 Å². The van der Waals surface area contributed by atoms with Gasteiger partial charge in [0.05, 0.1) is 22.5 Å². The molecule has 4 nitrogen and oxygen atoms in total. The fourth-order valence-electron chi connectivity index (χ4n) is 1.30. The van der Waals surface area contributed by atoms with Gasteiger partial charge in [-0.3, -0.25) is 0 Å². The molecule has 0 spiro atoms. The average Bonchev–Trinajstić information content (AvgIpc) is 2.59. The van der Waals surface area contributed by atoms with Crippen LogP contribution in [0, 0.1) is 11.3 Å². The van der Waals surface area contributed by atoms with Crippen LogP contribution in [0.4, 0.5) is 5.82 Å². The second-order valence-electron chi connectivity index (χ2n) is 3.05. The van der Waals surface area contributed by atoms with Crippen LogP contribution < -0.4 is 5.73 Å². The summed E-state index contributed by atoms with van der Waals surface area (Å²) in [5.41, 5.74) is 6.41. The Morgan fingerprint density at radius 3 is 2.62 bits per heavy atom. The van der Waals surface area contributed by atoms with Crippen molar-refractivity contribution >= 4 is 29.0 Å². The third-order valence-electron chi connectivity index (χ3n) is 2.05. The van der Waals surface area contributed by atoms with Gasteiger partial charge >= 0.3 is 0 Å². The van der Waals surface area contributed by atoms with Crippen molar-refractivity contribution in [3.05, 3.63) is 40.0 Å². The van der Waals surface area contributed by atoms with Gasteiger partial charge < -0.3 is 5.73 Å². The molecule has 1 aromatic heterocycles. The number of nitrogen functional groups attached to an aromatic ring is 1. The minimum absolute atomic E-state index is 0.213. The van der Waals surface area contributed by atoms with Gasteiger partial charge in [0.2, 0.25) is 0 Å². The van der Waals surface area contributed by atoms with Gasteiger partial charge in [0.15, 0.2) is 5.82 Å². The minimum atomic E-state index is 0.213. The third-order valence-corrected chi connectivity index (χ3v) is 2.65. The smallest absolute Gasteiger partial charge is 0.164 e. The van der Waals surface area contributed by atoms with E-state index in [-0.39, 0.29) is 5.82 Å². The molecular formula is C10H6Cl2N4. The van der Waals surface area contributed by atoms with Crippen LogP contribution in [-0.4, -0.2) is 9.78 Å². The monoisotopic (exact) mass is 252 g/mol.